The van der Waals surface area contributed by atoms with Crippen LogP contribution < -0.4 is 4.90 Å². The first-order valence-corrected chi connectivity index (χ1v) is 11.4. The van der Waals surface area contributed by atoms with Crippen LogP contribution in [0.5, 0.6) is 0 Å². The maximum absolute atomic E-state index is 13.4. The largest absolute Gasteiger partial charge is 0.417 e. The number of fused-ring (bicyclic) bond motifs is 5. The molecular formula is C23H17F3N4O3S. The van der Waals surface area contributed by atoms with Gasteiger partial charge in [-0.3, -0.25) is 9.59 Å². The highest BCUT2D eigenvalue weighted by molar-refractivity contribution is 8.00. The van der Waals surface area contributed by atoms with Crippen LogP contribution in [0.15, 0.2) is 53.4 Å². The molecule has 2 bridgehead atoms. The highest BCUT2D eigenvalue weighted by atomic mass is 32.2. The summed E-state index contributed by atoms with van der Waals surface area (Å²) in [6.07, 6.45) is -4.36. The summed E-state index contributed by atoms with van der Waals surface area (Å²) < 4.78 is 40.2. The topological polar surface area (TPSA) is 84.7 Å². The summed E-state index contributed by atoms with van der Waals surface area (Å²) in [6.45, 7) is 0.281. The maximum atomic E-state index is 13.4. The standard InChI is InChI=1S/C23H17F3N4O3S/c24-23(25,26)17-8-14(7-6-13(17)10-27)30-21(32)20-18-9-15(29(20)22(30)33)11-28(18)19(31)12-34-16-4-2-1-3-5-16/h1-8,15,18,20H,9,11-12H2/t15-,18?,20-/m1/s1. The van der Waals surface area contributed by atoms with Crippen LogP contribution in [0.25, 0.3) is 0 Å². The van der Waals surface area contributed by atoms with Crippen LogP contribution in [0.3, 0.4) is 0 Å². The van der Waals surface area contributed by atoms with Crippen LogP contribution in [0.1, 0.15) is 17.5 Å². The average molecular weight is 486 g/mol. The van der Waals surface area contributed by atoms with E-state index in [0.717, 1.165) is 21.9 Å². The number of urea groups is 1. The van der Waals surface area contributed by atoms with Crippen LogP contribution in [-0.2, 0) is 15.8 Å². The molecule has 0 N–H and O–H groups in total. The number of imide groups is 1. The zero-order valence-corrected chi connectivity index (χ0v) is 18.3. The van der Waals surface area contributed by atoms with Gasteiger partial charge in [-0.05, 0) is 36.8 Å². The Morgan fingerprint density at radius 2 is 1.88 bits per heavy atom. The highest BCUT2D eigenvalue weighted by Crippen LogP contribution is 2.43. The number of carbonyl (C=O) groups is 3. The third-order valence-corrected chi connectivity index (χ3v) is 7.37. The molecule has 3 aliphatic rings. The quantitative estimate of drug-likeness (QED) is 0.488. The third kappa shape index (κ3) is 3.49. The van der Waals surface area contributed by atoms with Gasteiger partial charge >= 0.3 is 12.2 Å². The summed E-state index contributed by atoms with van der Waals surface area (Å²) >= 11 is 1.37. The normalized spacial score (nSPS) is 23.5. The number of likely N-dealkylation sites (tertiary alicyclic amines) is 1. The number of benzene rings is 2. The molecule has 0 spiro atoms. The summed E-state index contributed by atoms with van der Waals surface area (Å²) in [6, 6.07) is 11.1. The molecule has 4 amide bonds. The first kappa shape index (κ1) is 22.3. The van der Waals surface area contributed by atoms with Gasteiger partial charge in [0, 0.05) is 11.4 Å². The Morgan fingerprint density at radius 1 is 1.15 bits per heavy atom. The Kier molecular flexibility index (Phi) is 5.28. The summed E-state index contributed by atoms with van der Waals surface area (Å²) in [5.41, 5.74) is -2.05. The summed E-state index contributed by atoms with van der Waals surface area (Å²) in [5.74, 6) is -0.642. The van der Waals surface area contributed by atoms with E-state index in [-0.39, 0.29) is 29.9 Å². The molecule has 34 heavy (non-hydrogen) atoms. The number of amides is 4. The lowest BCUT2D eigenvalue weighted by Gasteiger charge is -2.34. The fourth-order valence-corrected chi connectivity index (χ4v) is 5.74. The van der Waals surface area contributed by atoms with Gasteiger partial charge in [0.1, 0.15) is 6.04 Å². The summed E-state index contributed by atoms with van der Waals surface area (Å²) in [5, 5.41) is 9.00. The molecule has 3 heterocycles. The lowest BCUT2D eigenvalue weighted by molar-refractivity contribution is -0.138. The van der Waals surface area contributed by atoms with Gasteiger partial charge in [0.05, 0.1) is 40.7 Å². The van der Waals surface area contributed by atoms with Crippen molar-refractivity contribution in [2.75, 3.05) is 17.2 Å². The molecule has 2 aromatic rings. The van der Waals surface area contributed by atoms with Crippen molar-refractivity contribution >= 4 is 35.3 Å². The van der Waals surface area contributed by atoms with Gasteiger partial charge < -0.3 is 9.80 Å². The number of halogens is 3. The van der Waals surface area contributed by atoms with E-state index in [0.29, 0.717) is 12.5 Å². The molecule has 0 aliphatic carbocycles. The smallest absolute Gasteiger partial charge is 0.334 e. The molecule has 3 aliphatic heterocycles. The summed E-state index contributed by atoms with van der Waals surface area (Å²) in [7, 11) is 0. The lowest BCUT2D eigenvalue weighted by atomic mass is 10.1. The molecule has 174 valence electrons. The number of piperazine rings is 1. The van der Waals surface area contributed by atoms with Crippen LogP contribution in [0.4, 0.5) is 23.7 Å². The number of hydrogen-bond donors (Lipinski definition) is 0. The molecule has 2 aromatic carbocycles. The third-order valence-electron chi connectivity index (χ3n) is 6.38. The van der Waals surface area contributed by atoms with Crippen molar-refractivity contribution in [3.05, 3.63) is 59.7 Å². The lowest BCUT2D eigenvalue weighted by Crippen LogP contribution is -2.55. The van der Waals surface area contributed by atoms with Crippen molar-refractivity contribution in [2.24, 2.45) is 0 Å². The number of nitrogens with zero attached hydrogens (tertiary/aromatic N) is 4. The van der Waals surface area contributed by atoms with Crippen molar-refractivity contribution in [2.45, 2.75) is 35.6 Å². The summed E-state index contributed by atoms with van der Waals surface area (Å²) in [4.78, 5) is 43.8. The van der Waals surface area contributed by atoms with Gasteiger partial charge in [-0.25, -0.2) is 9.69 Å². The molecule has 0 radical (unpaired) electrons. The van der Waals surface area contributed by atoms with Crippen LogP contribution in [-0.4, -0.2) is 58.1 Å². The highest BCUT2D eigenvalue weighted by Gasteiger charge is 2.62. The first-order valence-electron chi connectivity index (χ1n) is 10.5. The Morgan fingerprint density at radius 3 is 2.56 bits per heavy atom. The Balaban J connectivity index is 1.37. The predicted octanol–water partition coefficient (Wildman–Crippen LogP) is 3.49. The molecule has 3 fully saturated rings. The molecular weight excluding hydrogens is 469 g/mol. The monoisotopic (exact) mass is 486 g/mol. The second kappa shape index (κ2) is 8.06. The van der Waals surface area contributed by atoms with Gasteiger partial charge in [-0.2, -0.15) is 18.4 Å². The number of nitriles is 1. The van der Waals surface area contributed by atoms with E-state index in [1.165, 1.54) is 22.7 Å². The van der Waals surface area contributed by atoms with E-state index in [1.807, 2.05) is 30.3 Å². The minimum Gasteiger partial charge on any atom is -0.334 e. The Hall–Kier alpha value is -3.52. The van der Waals surface area contributed by atoms with Gasteiger partial charge in [0.25, 0.3) is 5.91 Å². The van der Waals surface area contributed by atoms with E-state index in [2.05, 4.69) is 0 Å². The maximum Gasteiger partial charge on any atom is 0.417 e. The fraction of sp³-hybridized carbons (Fsp3) is 0.304. The molecule has 0 saturated carbocycles. The van der Waals surface area contributed by atoms with Crippen molar-refractivity contribution in [3.63, 3.8) is 0 Å². The second-order valence-electron chi connectivity index (χ2n) is 8.25. The molecule has 11 heteroatoms. The van der Waals surface area contributed by atoms with E-state index in [1.54, 1.807) is 4.90 Å². The SMILES string of the molecule is N#Cc1ccc(N2C(=O)[C@H]3C4C[C@H](CN4C(=O)CSc4ccccc4)N3C2=O)cc1C(F)(F)F. The number of thioether (sulfide) groups is 1. The molecule has 7 nitrogen and oxygen atoms in total. The minimum atomic E-state index is -4.82. The van der Waals surface area contributed by atoms with Crippen molar-refractivity contribution in [1.82, 2.24) is 9.80 Å². The zero-order chi connectivity index (χ0) is 24.2. The average Bonchev–Trinajstić information content (AvgIpc) is 3.48. The number of anilines is 1. The molecule has 3 atom stereocenters. The van der Waals surface area contributed by atoms with E-state index >= 15 is 0 Å². The molecule has 0 aromatic heterocycles. The van der Waals surface area contributed by atoms with Gasteiger partial charge in [0.2, 0.25) is 5.91 Å². The number of hydrogen-bond acceptors (Lipinski definition) is 5. The Bertz CT molecular complexity index is 1230. The zero-order valence-electron chi connectivity index (χ0n) is 17.5. The van der Waals surface area contributed by atoms with Crippen molar-refractivity contribution < 1.29 is 27.6 Å². The molecule has 3 saturated heterocycles. The number of alkyl halides is 3. The second-order valence-corrected chi connectivity index (χ2v) is 9.30. The van der Waals surface area contributed by atoms with Gasteiger partial charge in [-0.1, -0.05) is 18.2 Å². The van der Waals surface area contributed by atoms with E-state index in [4.69, 9.17) is 5.26 Å². The van der Waals surface area contributed by atoms with Gasteiger partial charge in [-0.15, -0.1) is 11.8 Å². The fourth-order valence-electron chi connectivity index (χ4n) is 4.93. The predicted molar refractivity (Wildman–Crippen MR) is 116 cm³/mol. The van der Waals surface area contributed by atoms with Crippen LogP contribution in [0.2, 0.25) is 0 Å². The number of carbonyl (C=O) groups excluding carboxylic acids is 3. The van der Waals surface area contributed by atoms with Crippen molar-refractivity contribution in [3.8, 4) is 6.07 Å². The number of rotatable bonds is 4. The first-order chi connectivity index (χ1) is 16.2. The van der Waals surface area contributed by atoms with Crippen LogP contribution >= 0.6 is 11.8 Å². The molecule has 5 rings (SSSR count). The van der Waals surface area contributed by atoms with Crippen LogP contribution in [0, 0.1) is 11.3 Å². The van der Waals surface area contributed by atoms with E-state index in [9.17, 15) is 27.6 Å². The van der Waals surface area contributed by atoms with Gasteiger partial charge in [0.15, 0.2) is 0 Å². The Labute approximate surface area is 196 Å². The minimum absolute atomic E-state index is 0.155. The van der Waals surface area contributed by atoms with Crippen molar-refractivity contribution in [1.29, 1.82) is 5.26 Å². The molecule has 1 unspecified atom stereocenters. The van der Waals surface area contributed by atoms with E-state index < -0.39 is 41.3 Å².